The van der Waals surface area contributed by atoms with Gasteiger partial charge < -0.3 is 10.6 Å². The van der Waals surface area contributed by atoms with Crippen LogP contribution in [-0.2, 0) is 4.79 Å². The molecule has 0 saturated heterocycles. The van der Waals surface area contributed by atoms with Gasteiger partial charge in [0.15, 0.2) is 0 Å². The highest BCUT2D eigenvalue weighted by Gasteiger charge is 2.32. The van der Waals surface area contributed by atoms with Crippen molar-refractivity contribution >= 4 is 5.91 Å². The molecule has 21 heavy (non-hydrogen) atoms. The predicted octanol–water partition coefficient (Wildman–Crippen LogP) is 3.48. The van der Waals surface area contributed by atoms with Gasteiger partial charge >= 0.3 is 0 Å². The highest BCUT2D eigenvalue weighted by molar-refractivity contribution is 5.77. The number of aryl methyl sites for hydroxylation is 1. The van der Waals surface area contributed by atoms with E-state index in [2.05, 4.69) is 42.7 Å². The smallest absolute Gasteiger partial charge is 0.222 e. The molecule has 1 aromatic carbocycles. The van der Waals surface area contributed by atoms with Crippen LogP contribution in [0.25, 0.3) is 0 Å². The maximum atomic E-state index is 12.4. The zero-order valence-electron chi connectivity index (χ0n) is 13.5. The van der Waals surface area contributed by atoms with Crippen molar-refractivity contribution in [1.29, 1.82) is 0 Å². The fourth-order valence-corrected chi connectivity index (χ4v) is 3.37. The second-order valence-electron chi connectivity index (χ2n) is 6.47. The number of nitrogens with one attached hydrogen (secondary N) is 2. The summed E-state index contributed by atoms with van der Waals surface area (Å²) in [7, 11) is 1.99. The Labute approximate surface area is 128 Å². The van der Waals surface area contributed by atoms with E-state index in [0.29, 0.717) is 6.42 Å². The summed E-state index contributed by atoms with van der Waals surface area (Å²) in [6.45, 7) is 4.13. The SMILES string of the molecule is CNC1(CC(=O)N[C@H](C)c2cccc(C)c2)CCCCC1. The number of carbonyl (C=O) groups is 1. The van der Waals surface area contributed by atoms with Crippen LogP contribution >= 0.6 is 0 Å². The first-order valence-corrected chi connectivity index (χ1v) is 8.09. The molecular formula is C18H28N2O. The molecule has 1 aromatic rings. The molecule has 1 atom stereocenters. The maximum Gasteiger partial charge on any atom is 0.222 e. The van der Waals surface area contributed by atoms with Gasteiger partial charge in [0.25, 0.3) is 0 Å². The van der Waals surface area contributed by atoms with Gasteiger partial charge in [-0.05, 0) is 39.3 Å². The van der Waals surface area contributed by atoms with Gasteiger partial charge in [-0.1, -0.05) is 49.1 Å². The van der Waals surface area contributed by atoms with Crippen LogP contribution in [0.2, 0.25) is 0 Å². The summed E-state index contributed by atoms with van der Waals surface area (Å²) in [6, 6.07) is 8.40. The minimum absolute atomic E-state index is 0.00859. The number of benzene rings is 1. The van der Waals surface area contributed by atoms with Gasteiger partial charge in [0, 0.05) is 12.0 Å². The first-order chi connectivity index (χ1) is 10.0. The van der Waals surface area contributed by atoms with E-state index in [1.165, 1.54) is 30.4 Å². The monoisotopic (exact) mass is 288 g/mol. The Balaban J connectivity index is 1.94. The highest BCUT2D eigenvalue weighted by atomic mass is 16.1. The van der Waals surface area contributed by atoms with Crippen LogP contribution in [-0.4, -0.2) is 18.5 Å². The molecule has 2 N–H and O–H groups in total. The Bertz CT molecular complexity index is 478. The van der Waals surface area contributed by atoms with Gasteiger partial charge in [-0.25, -0.2) is 0 Å². The van der Waals surface area contributed by atoms with E-state index in [1.807, 2.05) is 13.1 Å². The van der Waals surface area contributed by atoms with Gasteiger partial charge in [0.2, 0.25) is 5.91 Å². The molecule has 0 spiro atoms. The molecule has 1 aliphatic carbocycles. The largest absolute Gasteiger partial charge is 0.350 e. The number of rotatable bonds is 5. The Morgan fingerprint density at radius 3 is 2.62 bits per heavy atom. The molecule has 1 amide bonds. The molecule has 0 radical (unpaired) electrons. The standard InChI is InChI=1S/C18H28N2O/c1-14-8-7-9-16(12-14)15(2)20-17(21)13-18(19-3)10-5-4-6-11-18/h7-9,12,15,19H,4-6,10-11,13H2,1-3H3,(H,20,21)/t15-/m1/s1. The second-order valence-corrected chi connectivity index (χ2v) is 6.47. The summed E-state index contributed by atoms with van der Waals surface area (Å²) in [5, 5.41) is 6.56. The molecule has 0 heterocycles. The van der Waals surface area contributed by atoms with E-state index in [9.17, 15) is 4.79 Å². The van der Waals surface area contributed by atoms with Crippen molar-refractivity contribution in [3.8, 4) is 0 Å². The normalized spacial score (nSPS) is 19.0. The van der Waals surface area contributed by atoms with Crippen LogP contribution in [0.1, 0.15) is 62.6 Å². The van der Waals surface area contributed by atoms with Crippen molar-refractivity contribution in [2.24, 2.45) is 0 Å². The Morgan fingerprint density at radius 2 is 2.00 bits per heavy atom. The van der Waals surface area contributed by atoms with E-state index in [0.717, 1.165) is 12.8 Å². The molecule has 0 aromatic heterocycles. The highest BCUT2D eigenvalue weighted by Crippen LogP contribution is 2.30. The molecule has 0 unspecified atom stereocenters. The average Bonchev–Trinajstić information content (AvgIpc) is 2.48. The third-order valence-corrected chi connectivity index (χ3v) is 4.76. The van der Waals surface area contributed by atoms with Crippen molar-refractivity contribution in [2.75, 3.05) is 7.05 Å². The van der Waals surface area contributed by atoms with Crippen LogP contribution in [0.4, 0.5) is 0 Å². The molecule has 0 aliphatic heterocycles. The lowest BCUT2D eigenvalue weighted by atomic mass is 9.79. The summed E-state index contributed by atoms with van der Waals surface area (Å²) in [6.07, 6.45) is 6.54. The fourth-order valence-electron chi connectivity index (χ4n) is 3.37. The molecule has 1 fully saturated rings. The Hall–Kier alpha value is -1.35. The minimum atomic E-state index is 0.00859. The summed E-state index contributed by atoms with van der Waals surface area (Å²) in [4.78, 5) is 12.4. The Kier molecular flexibility index (Phi) is 5.40. The lowest BCUT2D eigenvalue weighted by Gasteiger charge is -2.37. The lowest BCUT2D eigenvalue weighted by molar-refractivity contribution is -0.123. The quantitative estimate of drug-likeness (QED) is 0.871. The van der Waals surface area contributed by atoms with E-state index in [-0.39, 0.29) is 17.5 Å². The third kappa shape index (κ3) is 4.31. The van der Waals surface area contributed by atoms with E-state index in [1.54, 1.807) is 0 Å². The molecule has 3 heteroatoms. The molecule has 1 saturated carbocycles. The van der Waals surface area contributed by atoms with Gasteiger partial charge in [-0.2, -0.15) is 0 Å². The zero-order chi connectivity index (χ0) is 15.3. The third-order valence-electron chi connectivity index (χ3n) is 4.76. The van der Waals surface area contributed by atoms with Gasteiger partial charge in [0.05, 0.1) is 6.04 Å². The van der Waals surface area contributed by atoms with Crippen LogP contribution in [0.15, 0.2) is 24.3 Å². The topological polar surface area (TPSA) is 41.1 Å². The number of hydrogen-bond donors (Lipinski definition) is 2. The van der Waals surface area contributed by atoms with Crippen LogP contribution in [0.5, 0.6) is 0 Å². The second kappa shape index (κ2) is 7.08. The molecule has 2 rings (SSSR count). The van der Waals surface area contributed by atoms with Crippen LogP contribution in [0, 0.1) is 6.92 Å². The Morgan fingerprint density at radius 1 is 1.29 bits per heavy atom. The van der Waals surface area contributed by atoms with E-state index < -0.39 is 0 Å². The summed E-state index contributed by atoms with van der Waals surface area (Å²) in [5.41, 5.74) is 2.41. The molecule has 116 valence electrons. The fraction of sp³-hybridized carbons (Fsp3) is 0.611. The number of amides is 1. The van der Waals surface area contributed by atoms with Crippen molar-refractivity contribution in [1.82, 2.24) is 10.6 Å². The first kappa shape index (κ1) is 16.0. The number of carbonyl (C=O) groups excluding carboxylic acids is 1. The van der Waals surface area contributed by atoms with Crippen LogP contribution in [0.3, 0.4) is 0 Å². The molecule has 1 aliphatic rings. The lowest BCUT2D eigenvalue weighted by Crippen LogP contribution is -2.48. The van der Waals surface area contributed by atoms with Crippen molar-refractivity contribution in [3.63, 3.8) is 0 Å². The van der Waals surface area contributed by atoms with Crippen LogP contribution < -0.4 is 10.6 Å². The zero-order valence-corrected chi connectivity index (χ0v) is 13.5. The minimum Gasteiger partial charge on any atom is -0.350 e. The van der Waals surface area contributed by atoms with Crippen molar-refractivity contribution in [2.45, 2.75) is 64.0 Å². The molecule has 3 nitrogen and oxygen atoms in total. The summed E-state index contributed by atoms with van der Waals surface area (Å²) >= 11 is 0. The first-order valence-electron chi connectivity index (χ1n) is 8.09. The molecular weight excluding hydrogens is 260 g/mol. The van der Waals surface area contributed by atoms with Gasteiger partial charge in [0.1, 0.15) is 0 Å². The van der Waals surface area contributed by atoms with Gasteiger partial charge in [-0.3, -0.25) is 4.79 Å². The van der Waals surface area contributed by atoms with E-state index in [4.69, 9.17) is 0 Å². The van der Waals surface area contributed by atoms with E-state index >= 15 is 0 Å². The summed E-state index contributed by atoms with van der Waals surface area (Å²) < 4.78 is 0. The van der Waals surface area contributed by atoms with Crippen molar-refractivity contribution < 1.29 is 4.79 Å². The number of hydrogen-bond acceptors (Lipinski definition) is 2. The average molecular weight is 288 g/mol. The van der Waals surface area contributed by atoms with Crippen molar-refractivity contribution in [3.05, 3.63) is 35.4 Å². The molecule has 0 bridgehead atoms. The summed E-state index contributed by atoms with van der Waals surface area (Å²) in [5.74, 6) is 0.153. The predicted molar refractivity (Wildman–Crippen MR) is 87.2 cm³/mol. The van der Waals surface area contributed by atoms with Gasteiger partial charge in [-0.15, -0.1) is 0 Å². The maximum absolute atomic E-state index is 12.4.